The molecule has 1 heterocycles. The summed E-state index contributed by atoms with van der Waals surface area (Å²) in [7, 11) is 0. The molecular weight excluding hydrogens is 246 g/mol. The Morgan fingerprint density at radius 3 is 2.74 bits per heavy atom. The van der Waals surface area contributed by atoms with Gasteiger partial charge < -0.3 is 19.9 Å². The SMILES string of the molecule is CCCC(CCO)CNCc1cc(C(=O)O)oc1C. The van der Waals surface area contributed by atoms with Crippen molar-refractivity contribution < 1.29 is 19.4 Å². The number of carboxylic acid groups (broad SMARTS) is 1. The first-order valence-electron chi connectivity index (χ1n) is 6.72. The highest BCUT2D eigenvalue weighted by Crippen LogP contribution is 2.15. The van der Waals surface area contributed by atoms with E-state index in [1.54, 1.807) is 13.0 Å². The number of furan rings is 1. The standard InChI is InChI=1S/C14H23NO4/c1-3-4-11(5-6-16)8-15-9-12-7-13(14(17)18)19-10(12)2/h7,11,15-16H,3-6,8-9H2,1-2H3,(H,17,18). The predicted octanol–water partition coefficient (Wildman–Crippen LogP) is 2.17. The molecule has 0 amide bonds. The first-order valence-corrected chi connectivity index (χ1v) is 6.72. The molecule has 0 saturated heterocycles. The maximum atomic E-state index is 10.8. The number of hydrogen-bond donors (Lipinski definition) is 3. The third-order valence-electron chi connectivity index (χ3n) is 3.21. The third kappa shape index (κ3) is 5.04. The molecule has 0 aliphatic carbocycles. The van der Waals surface area contributed by atoms with E-state index in [2.05, 4.69) is 12.2 Å². The fourth-order valence-electron chi connectivity index (χ4n) is 2.15. The molecule has 0 saturated carbocycles. The molecule has 1 atom stereocenters. The van der Waals surface area contributed by atoms with E-state index in [0.29, 0.717) is 18.2 Å². The molecule has 0 aliphatic rings. The van der Waals surface area contributed by atoms with Crippen LogP contribution in [0.2, 0.25) is 0 Å². The molecule has 0 radical (unpaired) electrons. The lowest BCUT2D eigenvalue weighted by Crippen LogP contribution is -2.23. The normalized spacial score (nSPS) is 12.6. The minimum absolute atomic E-state index is 0.0187. The van der Waals surface area contributed by atoms with E-state index < -0.39 is 5.97 Å². The van der Waals surface area contributed by atoms with Gasteiger partial charge in [0.15, 0.2) is 0 Å². The molecule has 5 nitrogen and oxygen atoms in total. The molecule has 0 aliphatic heterocycles. The summed E-state index contributed by atoms with van der Waals surface area (Å²) >= 11 is 0. The van der Waals surface area contributed by atoms with Crippen LogP contribution in [0.3, 0.4) is 0 Å². The van der Waals surface area contributed by atoms with Gasteiger partial charge in [-0.1, -0.05) is 13.3 Å². The molecule has 1 aromatic heterocycles. The Kier molecular flexibility index (Phi) is 6.59. The summed E-state index contributed by atoms with van der Waals surface area (Å²) in [5, 5.41) is 21.1. The van der Waals surface area contributed by atoms with E-state index in [0.717, 1.165) is 31.4 Å². The number of carboxylic acids is 1. The zero-order chi connectivity index (χ0) is 14.3. The fourth-order valence-corrected chi connectivity index (χ4v) is 2.15. The van der Waals surface area contributed by atoms with Crippen molar-refractivity contribution in [1.82, 2.24) is 5.32 Å². The maximum absolute atomic E-state index is 10.8. The van der Waals surface area contributed by atoms with Crippen molar-refractivity contribution in [1.29, 1.82) is 0 Å². The number of aliphatic hydroxyl groups excluding tert-OH is 1. The number of aryl methyl sites for hydroxylation is 1. The van der Waals surface area contributed by atoms with Gasteiger partial charge in [-0.2, -0.15) is 0 Å². The summed E-state index contributed by atoms with van der Waals surface area (Å²) in [6.45, 7) is 5.51. The molecule has 19 heavy (non-hydrogen) atoms. The summed E-state index contributed by atoms with van der Waals surface area (Å²) < 4.78 is 5.15. The van der Waals surface area contributed by atoms with Crippen molar-refractivity contribution in [3.8, 4) is 0 Å². The van der Waals surface area contributed by atoms with Crippen LogP contribution in [-0.2, 0) is 6.54 Å². The second kappa shape index (κ2) is 7.96. The van der Waals surface area contributed by atoms with Gasteiger partial charge in [-0.05, 0) is 38.3 Å². The van der Waals surface area contributed by atoms with Crippen molar-refractivity contribution in [2.45, 2.75) is 39.7 Å². The van der Waals surface area contributed by atoms with Crippen LogP contribution >= 0.6 is 0 Å². The highest BCUT2D eigenvalue weighted by Gasteiger charge is 2.13. The molecule has 1 rings (SSSR count). The summed E-state index contributed by atoms with van der Waals surface area (Å²) in [6.07, 6.45) is 2.98. The van der Waals surface area contributed by atoms with Crippen LogP contribution in [0.5, 0.6) is 0 Å². The molecule has 108 valence electrons. The first-order chi connectivity index (χ1) is 9.08. The van der Waals surface area contributed by atoms with E-state index in [4.69, 9.17) is 14.6 Å². The molecule has 5 heteroatoms. The monoisotopic (exact) mass is 269 g/mol. The molecule has 1 unspecified atom stereocenters. The first kappa shape index (κ1) is 15.7. The molecule has 1 aromatic rings. The summed E-state index contributed by atoms with van der Waals surface area (Å²) in [5.41, 5.74) is 0.872. The van der Waals surface area contributed by atoms with Gasteiger partial charge >= 0.3 is 5.97 Å². The highest BCUT2D eigenvalue weighted by atomic mass is 16.4. The third-order valence-corrected chi connectivity index (χ3v) is 3.21. The number of aromatic carboxylic acids is 1. The molecule has 0 bridgehead atoms. The highest BCUT2D eigenvalue weighted by molar-refractivity contribution is 5.84. The van der Waals surface area contributed by atoms with Gasteiger partial charge in [0, 0.05) is 18.7 Å². The van der Waals surface area contributed by atoms with Gasteiger partial charge in [-0.3, -0.25) is 0 Å². The quantitative estimate of drug-likeness (QED) is 0.640. The fraction of sp³-hybridized carbons (Fsp3) is 0.643. The van der Waals surface area contributed by atoms with E-state index in [1.165, 1.54) is 0 Å². The number of aliphatic hydroxyl groups is 1. The van der Waals surface area contributed by atoms with Crippen molar-refractivity contribution in [2.24, 2.45) is 5.92 Å². The Balaban J connectivity index is 2.45. The smallest absolute Gasteiger partial charge is 0.371 e. The van der Waals surface area contributed by atoms with Crippen LogP contribution in [0, 0.1) is 12.8 Å². The average molecular weight is 269 g/mol. The Morgan fingerprint density at radius 1 is 1.47 bits per heavy atom. The van der Waals surface area contributed by atoms with Crippen molar-refractivity contribution in [3.05, 3.63) is 23.2 Å². The van der Waals surface area contributed by atoms with Crippen LogP contribution in [0.1, 0.15) is 48.1 Å². The van der Waals surface area contributed by atoms with Gasteiger partial charge in [0.05, 0.1) is 0 Å². The second-order valence-electron chi connectivity index (χ2n) is 4.80. The van der Waals surface area contributed by atoms with Gasteiger partial charge in [0.1, 0.15) is 5.76 Å². The lowest BCUT2D eigenvalue weighted by molar-refractivity contribution is 0.0661. The minimum atomic E-state index is -1.04. The van der Waals surface area contributed by atoms with Crippen molar-refractivity contribution in [2.75, 3.05) is 13.2 Å². The number of nitrogens with one attached hydrogen (secondary N) is 1. The van der Waals surface area contributed by atoms with E-state index >= 15 is 0 Å². The van der Waals surface area contributed by atoms with Gasteiger partial charge in [0.25, 0.3) is 0 Å². The molecule has 0 aromatic carbocycles. The van der Waals surface area contributed by atoms with Crippen LogP contribution < -0.4 is 5.32 Å². The predicted molar refractivity (Wildman–Crippen MR) is 72.2 cm³/mol. The molecule has 0 spiro atoms. The molecule has 0 fully saturated rings. The van der Waals surface area contributed by atoms with E-state index in [1.807, 2.05) is 0 Å². The summed E-state index contributed by atoms with van der Waals surface area (Å²) in [6, 6.07) is 1.56. The molecular formula is C14H23NO4. The zero-order valence-electron chi connectivity index (χ0n) is 11.6. The topological polar surface area (TPSA) is 82.7 Å². The lowest BCUT2D eigenvalue weighted by atomic mass is 10.0. The van der Waals surface area contributed by atoms with Crippen LogP contribution in [0.4, 0.5) is 0 Å². The maximum Gasteiger partial charge on any atom is 0.371 e. The van der Waals surface area contributed by atoms with Gasteiger partial charge in [-0.25, -0.2) is 4.79 Å². The second-order valence-corrected chi connectivity index (χ2v) is 4.80. The van der Waals surface area contributed by atoms with Crippen LogP contribution in [0.25, 0.3) is 0 Å². The lowest BCUT2D eigenvalue weighted by Gasteiger charge is -2.15. The average Bonchev–Trinajstić information content (AvgIpc) is 2.72. The van der Waals surface area contributed by atoms with Crippen molar-refractivity contribution in [3.63, 3.8) is 0 Å². The van der Waals surface area contributed by atoms with Gasteiger partial charge in [0.2, 0.25) is 5.76 Å². The van der Waals surface area contributed by atoms with E-state index in [9.17, 15) is 4.79 Å². The Hall–Kier alpha value is -1.33. The summed E-state index contributed by atoms with van der Waals surface area (Å²) in [5.74, 6) is 0.0357. The number of carbonyl (C=O) groups is 1. The Morgan fingerprint density at radius 2 is 2.21 bits per heavy atom. The number of rotatable bonds is 9. The largest absolute Gasteiger partial charge is 0.475 e. The van der Waals surface area contributed by atoms with Gasteiger partial charge in [-0.15, -0.1) is 0 Å². The minimum Gasteiger partial charge on any atom is -0.475 e. The summed E-state index contributed by atoms with van der Waals surface area (Å²) in [4.78, 5) is 10.8. The van der Waals surface area contributed by atoms with Crippen LogP contribution in [0.15, 0.2) is 10.5 Å². The van der Waals surface area contributed by atoms with Crippen LogP contribution in [-0.4, -0.2) is 29.3 Å². The Labute approximate surface area is 113 Å². The Bertz CT molecular complexity index is 394. The van der Waals surface area contributed by atoms with E-state index in [-0.39, 0.29) is 12.4 Å². The zero-order valence-corrected chi connectivity index (χ0v) is 11.6. The van der Waals surface area contributed by atoms with Crippen molar-refractivity contribution >= 4 is 5.97 Å². The number of hydrogen-bond acceptors (Lipinski definition) is 4. The molecule has 3 N–H and O–H groups in total.